The second-order valence-electron chi connectivity index (χ2n) is 4.76. The number of amides is 1. The lowest BCUT2D eigenvalue weighted by molar-refractivity contribution is -0.119. The Morgan fingerprint density at radius 2 is 1.88 bits per heavy atom. The molecule has 0 unspecified atom stereocenters. The molecule has 0 radical (unpaired) electrons. The molecule has 2 aromatic rings. The largest absolute Gasteiger partial charge is 0.452 e. The maximum Gasteiger partial charge on any atom is 0.387 e. The highest BCUT2D eigenvalue weighted by atomic mass is 32.2. The highest BCUT2D eigenvalue weighted by Crippen LogP contribution is 2.19. The molecular formula is C17H15F2NO4S. The summed E-state index contributed by atoms with van der Waals surface area (Å²) in [7, 11) is 0. The predicted octanol–water partition coefficient (Wildman–Crippen LogP) is 3.81. The number of hydrogen-bond donors (Lipinski definition) is 1. The van der Waals surface area contributed by atoms with Gasteiger partial charge in [-0.05, 0) is 48.7 Å². The Balaban J connectivity index is 1.85. The summed E-state index contributed by atoms with van der Waals surface area (Å²) >= 11 is 1.54. The van der Waals surface area contributed by atoms with Gasteiger partial charge in [0, 0.05) is 10.6 Å². The van der Waals surface area contributed by atoms with Crippen molar-refractivity contribution in [1.29, 1.82) is 0 Å². The van der Waals surface area contributed by atoms with Crippen molar-refractivity contribution in [1.82, 2.24) is 0 Å². The van der Waals surface area contributed by atoms with Gasteiger partial charge >= 0.3 is 12.6 Å². The maximum atomic E-state index is 12.1. The number of benzene rings is 2. The number of hydrogen-bond acceptors (Lipinski definition) is 5. The molecule has 2 rings (SSSR count). The number of thioether (sulfide) groups is 1. The number of halogens is 2. The van der Waals surface area contributed by atoms with Gasteiger partial charge in [-0.1, -0.05) is 6.07 Å². The van der Waals surface area contributed by atoms with Crippen LogP contribution in [0.4, 0.5) is 14.5 Å². The van der Waals surface area contributed by atoms with E-state index in [4.69, 9.17) is 4.74 Å². The summed E-state index contributed by atoms with van der Waals surface area (Å²) in [5, 5.41) is 2.62. The number of esters is 1. The molecule has 0 bridgehead atoms. The highest BCUT2D eigenvalue weighted by molar-refractivity contribution is 7.98. The van der Waals surface area contributed by atoms with Crippen LogP contribution in [0.15, 0.2) is 53.4 Å². The Morgan fingerprint density at radius 1 is 1.16 bits per heavy atom. The summed E-state index contributed by atoms with van der Waals surface area (Å²) in [5.41, 5.74) is 0.722. The zero-order valence-corrected chi connectivity index (χ0v) is 14.0. The van der Waals surface area contributed by atoms with Gasteiger partial charge in [-0.25, -0.2) is 4.79 Å². The van der Waals surface area contributed by atoms with Crippen molar-refractivity contribution in [3.63, 3.8) is 0 Å². The van der Waals surface area contributed by atoms with Crippen molar-refractivity contribution in [3.05, 3.63) is 54.1 Å². The third-order valence-electron chi connectivity index (χ3n) is 3.00. The van der Waals surface area contributed by atoms with Crippen LogP contribution in [0.5, 0.6) is 5.75 Å². The first-order chi connectivity index (χ1) is 12.0. The lowest BCUT2D eigenvalue weighted by Crippen LogP contribution is -2.20. The number of rotatable bonds is 7. The van der Waals surface area contributed by atoms with Crippen LogP contribution >= 0.6 is 11.8 Å². The van der Waals surface area contributed by atoms with Crippen LogP contribution in [-0.4, -0.2) is 31.4 Å². The molecular weight excluding hydrogens is 352 g/mol. The second-order valence-corrected chi connectivity index (χ2v) is 5.64. The van der Waals surface area contributed by atoms with Gasteiger partial charge < -0.3 is 14.8 Å². The zero-order valence-electron chi connectivity index (χ0n) is 13.2. The molecule has 25 heavy (non-hydrogen) atoms. The molecule has 0 aliphatic carbocycles. The molecule has 0 spiro atoms. The normalized spacial score (nSPS) is 10.4. The summed E-state index contributed by atoms with van der Waals surface area (Å²) in [6, 6.07) is 12.2. The van der Waals surface area contributed by atoms with Gasteiger partial charge in [0.05, 0.1) is 5.56 Å². The summed E-state index contributed by atoms with van der Waals surface area (Å²) < 4.78 is 33.2. The SMILES string of the molecule is CSc1cccc(NC(=O)COC(=O)c2ccc(OC(F)F)cc2)c1. The number of ether oxygens (including phenoxy) is 2. The Kier molecular flexibility index (Phi) is 6.76. The maximum absolute atomic E-state index is 12.1. The molecule has 0 atom stereocenters. The van der Waals surface area contributed by atoms with Crippen molar-refractivity contribution in [3.8, 4) is 5.75 Å². The summed E-state index contributed by atoms with van der Waals surface area (Å²) in [5.74, 6) is -1.29. The lowest BCUT2D eigenvalue weighted by Gasteiger charge is -2.08. The van der Waals surface area contributed by atoms with Crippen molar-refractivity contribution in [2.45, 2.75) is 11.5 Å². The van der Waals surface area contributed by atoms with Crippen molar-refractivity contribution < 1.29 is 27.8 Å². The molecule has 0 aliphatic heterocycles. The van der Waals surface area contributed by atoms with Crippen LogP contribution in [0.25, 0.3) is 0 Å². The number of carbonyl (C=O) groups excluding carboxylic acids is 2. The summed E-state index contributed by atoms with van der Waals surface area (Å²) in [6.45, 7) is -3.40. The molecule has 0 aromatic heterocycles. The van der Waals surface area contributed by atoms with Crippen LogP contribution in [-0.2, 0) is 9.53 Å². The number of carbonyl (C=O) groups is 2. The molecule has 8 heteroatoms. The average molecular weight is 367 g/mol. The van der Waals surface area contributed by atoms with Crippen molar-refractivity contribution >= 4 is 29.3 Å². The number of nitrogens with one attached hydrogen (secondary N) is 1. The van der Waals surface area contributed by atoms with E-state index in [1.807, 2.05) is 12.3 Å². The Morgan fingerprint density at radius 3 is 2.52 bits per heavy atom. The van der Waals surface area contributed by atoms with Crippen molar-refractivity contribution in [2.24, 2.45) is 0 Å². The Bertz CT molecular complexity index is 738. The molecule has 0 aliphatic rings. The molecule has 0 heterocycles. The minimum absolute atomic E-state index is 0.0713. The highest BCUT2D eigenvalue weighted by Gasteiger charge is 2.11. The summed E-state index contributed by atoms with van der Waals surface area (Å²) in [6.07, 6.45) is 1.92. The van der Waals surface area contributed by atoms with E-state index in [0.717, 1.165) is 4.90 Å². The first kappa shape index (κ1) is 18.7. The quantitative estimate of drug-likeness (QED) is 0.596. The van der Waals surface area contributed by atoms with E-state index in [0.29, 0.717) is 5.69 Å². The molecule has 0 saturated heterocycles. The van der Waals surface area contributed by atoms with E-state index >= 15 is 0 Å². The third kappa shape index (κ3) is 6.07. The Labute approximate surface area is 147 Å². The smallest absolute Gasteiger partial charge is 0.387 e. The fraction of sp³-hybridized carbons (Fsp3) is 0.176. The number of alkyl halides is 2. The van der Waals surface area contributed by atoms with Gasteiger partial charge in [0.15, 0.2) is 6.61 Å². The van der Waals surface area contributed by atoms with Crippen LogP contribution in [0, 0.1) is 0 Å². The van der Waals surface area contributed by atoms with Crippen LogP contribution < -0.4 is 10.1 Å². The standard InChI is InChI=1S/C17H15F2NO4S/c1-25-14-4-2-3-12(9-14)20-15(21)10-23-16(22)11-5-7-13(8-6-11)24-17(18)19/h2-9,17H,10H2,1H3,(H,20,21). The molecule has 132 valence electrons. The van der Waals surface area contributed by atoms with E-state index in [2.05, 4.69) is 10.1 Å². The van der Waals surface area contributed by atoms with E-state index in [9.17, 15) is 18.4 Å². The lowest BCUT2D eigenvalue weighted by atomic mass is 10.2. The van der Waals surface area contributed by atoms with Gasteiger partial charge in [0.2, 0.25) is 0 Å². The van der Waals surface area contributed by atoms with Crippen LogP contribution in [0.1, 0.15) is 10.4 Å². The molecule has 5 nitrogen and oxygen atoms in total. The van der Waals surface area contributed by atoms with Crippen LogP contribution in [0.2, 0.25) is 0 Å². The Hall–Kier alpha value is -2.61. The number of anilines is 1. The van der Waals surface area contributed by atoms with E-state index in [1.165, 1.54) is 36.0 Å². The molecule has 1 amide bonds. The van der Waals surface area contributed by atoms with Gasteiger partial charge in [-0.3, -0.25) is 4.79 Å². The fourth-order valence-electron chi connectivity index (χ4n) is 1.88. The minimum Gasteiger partial charge on any atom is -0.452 e. The fourth-order valence-corrected chi connectivity index (χ4v) is 2.34. The van der Waals surface area contributed by atoms with E-state index in [-0.39, 0.29) is 11.3 Å². The molecule has 0 saturated carbocycles. The van der Waals surface area contributed by atoms with Crippen molar-refractivity contribution in [2.75, 3.05) is 18.2 Å². The van der Waals surface area contributed by atoms with Gasteiger partial charge in [-0.15, -0.1) is 11.8 Å². The first-order valence-electron chi connectivity index (χ1n) is 7.14. The third-order valence-corrected chi connectivity index (χ3v) is 3.73. The monoisotopic (exact) mass is 367 g/mol. The topological polar surface area (TPSA) is 64.6 Å². The second kappa shape index (κ2) is 9.03. The average Bonchev–Trinajstić information content (AvgIpc) is 2.60. The molecule has 2 aromatic carbocycles. The summed E-state index contributed by atoms with van der Waals surface area (Å²) in [4.78, 5) is 24.7. The van der Waals surface area contributed by atoms with Gasteiger partial charge in [0.25, 0.3) is 5.91 Å². The predicted molar refractivity (Wildman–Crippen MR) is 90.2 cm³/mol. The first-order valence-corrected chi connectivity index (χ1v) is 8.36. The van der Waals surface area contributed by atoms with Gasteiger partial charge in [0.1, 0.15) is 5.75 Å². The van der Waals surface area contributed by atoms with E-state index in [1.54, 1.807) is 18.2 Å². The van der Waals surface area contributed by atoms with E-state index < -0.39 is 25.1 Å². The molecule has 0 fully saturated rings. The van der Waals surface area contributed by atoms with Crippen LogP contribution in [0.3, 0.4) is 0 Å². The van der Waals surface area contributed by atoms with Gasteiger partial charge in [-0.2, -0.15) is 8.78 Å². The molecule has 1 N–H and O–H groups in total. The zero-order chi connectivity index (χ0) is 18.2. The minimum atomic E-state index is -2.94.